The van der Waals surface area contributed by atoms with Gasteiger partial charge in [-0.05, 0) is 35.2 Å². The fourth-order valence-corrected chi connectivity index (χ4v) is 3.33. The van der Waals surface area contributed by atoms with Crippen LogP contribution in [0, 0.1) is 0 Å². The zero-order valence-corrected chi connectivity index (χ0v) is 13.9. The molecule has 1 amide bonds. The SMILES string of the molecule is Cl.NCc1ccc(C(=O)N2CCN(c3cccs3)CC2)cc1. The van der Waals surface area contributed by atoms with Gasteiger partial charge >= 0.3 is 0 Å². The maximum Gasteiger partial charge on any atom is 0.253 e. The first-order chi connectivity index (χ1) is 10.3. The highest BCUT2D eigenvalue weighted by Crippen LogP contribution is 2.22. The van der Waals surface area contributed by atoms with Crippen molar-refractivity contribution in [3.63, 3.8) is 0 Å². The molecule has 2 N–H and O–H groups in total. The van der Waals surface area contributed by atoms with Gasteiger partial charge in [0.15, 0.2) is 0 Å². The summed E-state index contributed by atoms with van der Waals surface area (Å²) in [6.07, 6.45) is 0. The van der Waals surface area contributed by atoms with Crippen LogP contribution in [0.1, 0.15) is 15.9 Å². The van der Waals surface area contributed by atoms with Gasteiger partial charge < -0.3 is 15.5 Å². The van der Waals surface area contributed by atoms with Gasteiger partial charge in [0.25, 0.3) is 5.91 Å². The predicted molar refractivity (Wildman–Crippen MR) is 94.0 cm³/mol. The molecular weight excluding hydrogens is 318 g/mol. The van der Waals surface area contributed by atoms with Crippen molar-refractivity contribution in [3.8, 4) is 0 Å². The standard InChI is InChI=1S/C16H19N3OS.ClH/c17-12-13-3-5-14(6-4-13)16(20)19-9-7-18(8-10-19)15-2-1-11-21-15;/h1-6,11H,7-10,12,17H2;1H. The lowest BCUT2D eigenvalue weighted by molar-refractivity contribution is 0.0747. The minimum atomic E-state index is 0. The van der Waals surface area contributed by atoms with Gasteiger partial charge in [-0.2, -0.15) is 0 Å². The summed E-state index contributed by atoms with van der Waals surface area (Å²) in [7, 11) is 0. The maximum absolute atomic E-state index is 12.5. The molecule has 0 spiro atoms. The molecule has 1 aromatic carbocycles. The third-order valence-electron chi connectivity index (χ3n) is 3.82. The van der Waals surface area contributed by atoms with E-state index >= 15 is 0 Å². The van der Waals surface area contributed by atoms with Crippen molar-refractivity contribution in [1.82, 2.24) is 4.90 Å². The van der Waals surface area contributed by atoms with Gasteiger partial charge in [-0.1, -0.05) is 12.1 Å². The lowest BCUT2D eigenvalue weighted by atomic mass is 10.1. The summed E-state index contributed by atoms with van der Waals surface area (Å²) in [6, 6.07) is 11.8. The Kier molecular flexibility index (Phi) is 5.83. The molecule has 118 valence electrons. The number of halogens is 1. The van der Waals surface area contributed by atoms with Crippen LogP contribution in [0.2, 0.25) is 0 Å². The number of carbonyl (C=O) groups excluding carboxylic acids is 1. The fourth-order valence-electron chi connectivity index (χ4n) is 2.55. The smallest absolute Gasteiger partial charge is 0.253 e. The van der Waals surface area contributed by atoms with E-state index in [2.05, 4.69) is 22.4 Å². The number of nitrogens with zero attached hydrogens (tertiary/aromatic N) is 2. The highest BCUT2D eigenvalue weighted by atomic mass is 35.5. The maximum atomic E-state index is 12.5. The van der Waals surface area contributed by atoms with E-state index in [1.54, 1.807) is 11.3 Å². The molecule has 4 nitrogen and oxygen atoms in total. The summed E-state index contributed by atoms with van der Waals surface area (Å²) in [6.45, 7) is 3.85. The van der Waals surface area contributed by atoms with Crippen LogP contribution in [0.15, 0.2) is 41.8 Å². The van der Waals surface area contributed by atoms with E-state index in [1.807, 2.05) is 29.2 Å². The summed E-state index contributed by atoms with van der Waals surface area (Å²) in [5.41, 5.74) is 7.38. The van der Waals surface area contributed by atoms with Crippen LogP contribution in [-0.2, 0) is 6.54 Å². The van der Waals surface area contributed by atoms with E-state index in [9.17, 15) is 4.79 Å². The molecule has 1 aliphatic heterocycles. The lowest BCUT2D eigenvalue weighted by Gasteiger charge is -2.35. The molecule has 0 bridgehead atoms. The predicted octanol–water partition coefficient (Wildman–Crippen LogP) is 2.59. The molecule has 3 rings (SSSR count). The lowest BCUT2D eigenvalue weighted by Crippen LogP contribution is -2.48. The van der Waals surface area contributed by atoms with E-state index in [1.165, 1.54) is 5.00 Å². The summed E-state index contributed by atoms with van der Waals surface area (Å²) in [5, 5.41) is 3.38. The van der Waals surface area contributed by atoms with Crippen molar-refractivity contribution in [1.29, 1.82) is 0 Å². The summed E-state index contributed by atoms with van der Waals surface area (Å²) in [5.74, 6) is 0.115. The molecule has 1 saturated heterocycles. The van der Waals surface area contributed by atoms with Crippen molar-refractivity contribution in [2.75, 3.05) is 31.1 Å². The van der Waals surface area contributed by atoms with E-state index < -0.39 is 0 Å². The van der Waals surface area contributed by atoms with Crippen molar-refractivity contribution >= 4 is 34.7 Å². The molecule has 0 radical (unpaired) electrons. The van der Waals surface area contributed by atoms with Crippen LogP contribution < -0.4 is 10.6 Å². The van der Waals surface area contributed by atoms with Crippen LogP contribution in [0.4, 0.5) is 5.00 Å². The third-order valence-corrected chi connectivity index (χ3v) is 4.75. The van der Waals surface area contributed by atoms with Gasteiger partial charge in [0, 0.05) is 38.3 Å². The quantitative estimate of drug-likeness (QED) is 0.936. The van der Waals surface area contributed by atoms with Gasteiger partial charge in [0.1, 0.15) is 0 Å². The van der Waals surface area contributed by atoms with E-state index in [-0.39, 0.29) is 18.3 Å². The van der Waals surface area contributed by atoms with Gasteiger partial charge in [-0.15, -0.1) is 23.7 Å². The van der Waals surface area contributed by atoms with Crippen molar-refractivity contribution in [2.24, 2.45) is 5.73 Å². The fraction of sp³-hybridized carbons (Fsp3) is 0.312. The summed E-state index contributed by atoms with van der Waals surface area (Å²) in [4.78, 5) is 16.7. The number of rotatable bonds is 3. The molecule has 0 unspecified atom stereocenters. The number of piperazine rings is 1. The normalized spacial score (nSPS) is 14.6. The number of benzene rings is 1. The van der Waals surface area contributed by atoms with Crippen LogP contribution in [-0.4, -0.2) is 37.0 Å². The number of thiophene rings is 1. The average molecular weight is 338 g/mol. The molecule has 0 atom stereocenters. The Morgan fingerprint density at radius 3 is 2.32 bits per heavy atom. The number of nitrogens with two attached hydrogens (primary N) is 1. The summed E-state index contributed by atoms with van der Waals surface area (Å²) >= 11 is 1.75. The van der Waals surface area contributed by atoms with Crippen LogP contribution in [0.25, 0.3) is 0 Å². The molecule has 2 aromatic rings. The van der Waals surface area contributed by atoms with Crippen LogP contribution >= 0.6 is 23.7 Å². The Bertz CT molecular complexity index is 592. The summed E-state index contributed by atoms with van der Waals surface area (Å²) < 4.78 is 0. The van der Waals surface area contributed by atoms with Crippen molar-refractivity contribution in [3.05, 3.63) is 52.9 Å². The molecule has 0 aliphatic carbocycles. The van der Waals surface area contributed by atoms with Gasteiger partial charge in [0.05, 0.1) is 5.00 Å². The minimum absolute atomic E-state index is 0. The zero-order chi connectivity index (χ0) is 14.7. The van der Waals surface area contributed by atoms with Crippen LogP contribution in [0.3, 0.4) is 0 Å². The first-order valence-electron chi connectivity index (χ1n) is 7.14. The van der Waals surface area contributed by atoms with E-state index in [0.29, 0.717) is 6.54 Å². The molecular formula is C16H20ClN3OS. The molecule has 2 heterocycles. The highest BCUT2D eigenvalue weighted by molar-refractivity contribution is 7.14. The van der Waals surface area contributed by atoms with Crippen LogP contribution in [0.5, 0.6) is 0 Å². The number of hydrogen-bond acceptors (Lipinski definition) is 4. The second-order valence-electron chi connectivity index (χ2n) is 5.13. The number of carbonyl (C=O) groups is 1. The molecule has 1 fully saturated rings. The number of hydrogen-bond donors (Lipinski definition) is 1. The van der Waals surface area contributed by atoms with Crippen molar-refractivity contribution < 1.29 is 4.79 Å². The Hall–Kier alpha value is -1.56. The Labute approximate surface area is 140 Å². The third kappa shape index (κ3) is 3.61. The molecule has 0 saturated carbocycles. The van der Waals surface area contributed by atoms with Gasteiger partial charge in [-0.3, -0.25) is 4.79 Å². The van der Waals surface area contributed by atoms with Gasteiger partial charge in [-0.25, -0.2) is 0 Å². The molecule has 22 heavy (non-hydrogen) atoms. The topological polar surface area (TPSA) is 49.6 Å². The largest absolute Gasteiger partial charge is 0.360 e. The van der Waals surface area contributed by atoms with E-state index in [0.717, 1.165) is 37.3 Å². The van der Waals surface area contributed by atoms with E-state index in [4.69, 9.17) is 5.73 Å². The molecule has 1 aromatic heterocycles. The molecule has 6 heteroatoms. The monoisotopic (exact) mass is 337 g/mol. The second-order valence-corrected chi connectivity index (χ2v) is 6.06. The van der Waals surface area contributed by atoms with Crippen molar-refractivity contribution in [2.45, 2.75) is 6.54 Å². The molecule has 1 aliphatic rings. The average Bonchev–Trinajstić information content (AvgIpc) is 3.09. The zero-order valence-electron chi connectivity index (χ0n) is 12.3. The van der Waals surface area contributed by atoms with Gasteiger partial charge in [0.2, 0.25) is 0 Å². The first kappa shape index (κ1) is 16.8. The highest BCUT2D eigenvalue weighted by Gasteiger charge is 2.22. The Morgan fingerprint density at radius 1 is 1.09 bits per heavy atom. The Balaban J connectivity index is 0.00000176. The Morgan fingerprint density at radius 2 is 1.77 bits per heavy atom. The second kappa shape index (κ2) is 7.63. The number of amides is 1. The minimum Gasteiger partial charge on any atom is -0.360 e. The number of anilines is 1. The first-order valence-corrected chi connectivity index (χ1v) is 8.02.